The van der Waals surface area contributed by atoms with Crippen molar-refractivity contribution in [2.75, 3.05) is 6.54 Å². The van der Waals surface area contributed by atoms with Gasteiger partial charge in [-0.2, -0.15) is 0 Å². The number of nitrogens with zero attached hydrogens (tertiary/aromatic N) is 1. The number of amides is 2. The Morgan fingerprint density at radius 1 is 1.24 bits per heavy atom. The van der Waals surface area contributed by atoms with Gasteiger partial charge in [-0.1, -0.05) is 41.9 Å². The van der Waals surface area contributed by atoms with Crippen LogP contribution in [0.4, 0.5) is 0 Å². The number of nitrogens with one attached hydrogen (secondary N) is 1. The highest BCUT2D eigenvalue weighted by Gasteiger charge is 2.70. The van der Waals surface area contributed by atoms with Crippen molar-refractivity contribution in [1.82, 2.24) is 10.2 Å². The van der Waals surface area contributed by atoms with Crippen molar-refractivity contribution in [3.63, 3.8) is 0 Å². The number of carbonyl (C=O) groups is 2. The number of carbonyl (C=O) groups excluding carboxylic acids is 2. The second-order valence-corrected chi connectivity index (χ2v) is 7.80. The zero-order valence-electron chi connectivity index (χ0n) is 12.0. The molecule has 2 aliphatic heterocycles. The smallest absolute Gasteiger partial charge is 0.250 e. The van der Waals surface area contributed by atoms with E-state index in [0.717, 1.165) is 16.6 Å². The first-order valence-corrected chi connectivity index (χ1v) is 8.07. The molecule has 1 aromatic carbocycles. The molecule has 0 aromatic heterocycles. The van der Waals surface area contributed by atoms with Crippen molar-refractivity contribution in [3.8, 4) is 0 Å². The molecule has 0 radical (unpaired) electrons. The Balaban J connectivity index is 1.63. The fourth-order valence-corrected chi connectivity index (χ4v) is 4.41. The molecule has 4 nitrogen and oxygen atoms in total. The van der Waals surface area contributed by atoms with Gasteiger partial charge in [0.15, 0.2) is 0 Å². The average molecular weight is 349 g/mol. The second-order valence-electron chi connectivity index (χ2n) is 6.88. The summed E-state index contributed by atoms with van der Waals surface area (Å²) in [6, 6.07) is 6.76. The standard InChI is InChI=1S/C16H17BrN2O2/c1-16(2)10-7-19-13(11(10)16)14(20)18-12(15(19)21)8-3-5-9(17)6-4-8/h3-6,10-13H,7H2,1-2H3,(H,18,20)/t10-,11-,12-,13+/m0/s1. The summed E-state index contributed by atoms with van der Waals surface area (Å²) < 4.78 is 0.961. The normalized spacial score (nSPS) is 36.0. The number of fused-ring (bicyclic) bond motifs is 3. The summed E-state index contributed by atoms with van der Waals surface area (Å²) in [5, 5.41) is 2.92. The Morgan fingerprint density at radius 2 is 1.90 bits per heavy atom. The molecule has 0 unspecified atom stereocenters. The zero-order chi connectivity index (χ0) is 14.9. The molecule has 4 atom stereocenters. The van der Waals surface area contributed by atoms with Crippen LogP contribution in [0.15, 0.2) is 28.7 Å². The minimum Gasteiger partial charge on any atom is -0.339 e. The van der Waals surface area contributed by atoms with Crippen molar-refractivity contribution in [3.05, 3.63) is 34.3 Å². The molecular formula is C16H17BrN2O2. The molecule has 0 spiro atoms. The lowest BCUT2D eigenvalue weighted by atomic mass is 9.95. The fourth-order valence-electron chi connectivity index (χ4n) is 4.15. The molecule has 110 valence electrons. The molecule has 2 amide bonds. The van der Waals surface area contributed by atoms with Crippen molar-refractivity contribution in [1.29, 1.82) is 0 Å². The summed E-state index contributed by atoms with van der Waals surface area (Å²) in [5.41, 5.74) is 1.04. The van der Waals surface area contributed by atoms with Gasteiger partial charge in [0.05, 0.1) is 0 Å². The Morgan fingerprint density at radius 3 is 2.57 bits per heavy atom. The van der Waals surface area contributed by atoms with E-state index in [1.165, 1.54) is 0 Å². The van der Waals surface area contributed by atoms with Crippen molar-refractivity contribution >= 4 is 27.7 Å². The topological polar surface area (TPSA) is 49.4 Å². The molecule has 1 aliphatic carbocycles. The molecule has 4 rings (SSSR count). The summed E-state index contributed by atoms with van der Waals surface area (Å²) in [6.45, 7) is 5.11. The SMILES string of the molecule is CC1(C)[C@@H]2[C@@H]3C(=O)N[C@@H](c4ccc(Br)cc4)C(=O)N3C[C@@H]21. The molecule has 0 bridgehead atoms. The molecule has 3 fully saturated rings. The molecule has 2 heterocycles. The Labute approximate surface area is 132 Å². The average Bonchev–Trinajstić information content (AvgIpc) is 2.83. The number of benzene rings is 1. The van der Waals surface area contributed by atoms with Crippen LogP contribution in [0.2, 0.25) is 0 Å². The number of halogens is 1. The van der Waals surface area contributed by atoms with Gasteiger partial charge in [-0.05, 0) is 34.9 Å². The fraction of sp³-hybridized carbons (Fsp3) is 0.500. The monoisotopic (exact) mass is 348 g/mol. The van der Waals surface area contributed by atoms with Crippen molar-refractivity contribution in [2.24, 2.45) is 17.3 Å². The van der Waals surface area contributed by atoms with Crippen LogP contribution in [0.25, 0.3) is 0 Å². The maximum absolute atomic E-state index is 12.7. The first kappa shape index (κ1) is 13.3. The van der Waals surface area contributed by atoms with Gasteiger partial charge in [-0.25, -0.2) is 0 Å². The van der Waals surface area contributed by atoms with Crippen LogP contribution in [0.1, 0.15) is 25.5 Å². The van der Waals surface area contributed by atoms with E-state index < -0.39 is 6.04 Å². The lowest BCUT2D eigenvalue weighted by Gasteiger charge is -2.38. The van der Waals surface area contributed by atoms with E-state index in [1.807, 2.05) is 24.3 Å². The van der Waals surface area contributed by atoms with Crippen LogP contribution < -0.4 is 5.32 Å². The van der Waals surface area contributed by atoms with Crippen molar-refractivity contribution in [2.45, 2.75) is 25.9 Å². The highest BCUT2D eigenvalue weighted by molar-refractivity contribution is 9.10. The third kappa shape index (κ3) is 1.73. The number of rotatable bonds is 1. The van der Waals surface area contributed by atoms with Crippen LogP contribution in [-0.4, -0.2) is 29.3 Å². The minimum absolute atomic E-state index is 0.000550. The Kier molecular flexibility index (Phi) is 2.60. The number of hydrogen-bond donors (Lipinski definition) is 1. The summed E-state index contributed by atoms with van der Waals surface area (Å²) in [7, 11) is 0. The Hall–Kier alpha value is -1.36. The van der Waals surface area contributed by atoms with Gasteiger partial charge >= 0.3 is 0 Å². The lowest BCUT2D eigenvalue weighted by molar-refractivity contribution is -0.149. The first-order valence-electron chi connectivity index (χ1n) is 7.27. The third-order valence-corrected chi connectivity index (χ3v) is 6.03. The van der Waals surface area contributed by atoms with Gasteiger partial charge in [0.1, 0.15) is 12.1 Å². The molecule has 21 heavy (non-hydrogen) atoms. The lowest BCUT2D eigenvalue weighted by Crippen LogP contribution is -2.59. The van der Waals surface area contributed by atoms with E-state index in [9.17, 15) is 9.59 Å². The van der Waals surface area contributed by atoms with Gasteiger partial charge in [-0.3, -0.25) is 9.59 Å². The van der Waals surface area contributed by atoms with Gasteiger partial charge in [-0.15, -0.1) is 0 Å². The van der Waals surface area contributed by atoms with E-state index in [4.69, 9.17) is 0 Å². The van der Waals surface area contributed by atoms with Crippen LogP contribution in [-0.2, 0) is 9.59 Å². The molecular weight excluding hydrogens is 332 g/mol. The number of hydrogen-bond acceptors (Lipinski definition) is 2. The van der Waals surface area contributed by atoms with Crippen LogP contribution in [0.3, 0.4) is 0 Å². The second kappa shape index (κ2) is 4.09. The quantitative estimate of drug-likeness (QED) is 0.844. The number of piperazine rings is 1. The predicted molar refractivity (Wildman–Crippen MR) is 81.3 cm³/mol. The largest absolute Gasteiger partial charge is 0.339 e. The summed E-state index contributed by atoms with van der Waals surface area (Å²) >= 11 is 3.38. The van der Waals surface area contributed by atoms with E-state index in [-0.39, 0.29) is 23.3 Å². The molecule has 2 saturated heterocycles. The van der Waals surface area contributed by atoms with Gasteiger partial charge in [0.2, 0.25) is 5.91 Å². The van der Waals surface area contributed by atoms with E-state index in [0.29, 0.717) is 11.8 Å². The van der Waals surface area contributed by atoms with Gasteiger partial charge in [0, 0.05) is 11.0 Å². The summed E-state index contributed by atoms with van der Waals surface area (Å²) in [4.78, 5) is 27.0. The summed E-state index contributed by atoms with van der Waals surface area (Å²) in [6.07, 6.45) is 0. The van der Waals surface area contributed by atoms with E-state index in [1.54, 1.807) is 4.90 Å². The minimum atomic E-state index is -0.539. The van der Waals surface area contributed by atoms with Crippen molar-refractivity contribution < 1.29 is 9.59 Å². The Bertz CT molecular complexity index is 640. The van der Waals surface area contributed by atoms with Gasteiger partial charge < -0.3 is 10.2 Å². The van der Waals surface area contributed by atoms with Crippen LogP contribution >= 0.6 is 15.9 Å². The van der Waals surface area contributed by atoms with E-state index >= 15 is 0 Å². The van der Waals surface area contributed by atoms with Gasteiger partial charge in [0.25, 0.3) is 5.91 Å². The molecule has 1 saturated carbocycles. The third-order valence-electron chi connectivity index (χ3n) is 5.50. The number of piperidine rings is 1. The zero-order valence-corrected chi connectivity index (χ0v) is 13.6. The highest BCUT2D eigenvalue weighted by atomic mass is 79.9. The first-order chi connectivity index (χ1) is 9.91. The molecule has 5 heteroatoms. The van der Waals surface area contributed by atoms with E-state index in [2.05, 4.69) is 35.1 Å². The maximum atomic E-state index is 12.7. The molecule has 1 N–H and O–H groups in total. The highest BCUT2D eigenvalue weighted by Crippen LogP contribution is 2.65. The molecule has 3 aliphatic rings. The van der Waals surface area contributed by atoms with Crippen LogP contribution in [0, 0.1) is 17.3 Å². The molecule has 1 aromatic rings. The van der Waals surface area contributed by atoms with Crippen LogP contribution in [0.5, 0.6) is 0 Å². The predicted octanol–water partition coefficient (Wildman–Crippen LogP) is 2.10. The maximum Gasteiger partial charge on any atom is 0.250 e. The summed E-state index contributed by atoms with van der Waals surface area (Å²) in [5.74, 6) is 0.832.